The zero-order chi connectivity index (χ0) is 19.5. The van der Waals surface area contributed by atoms with Crippen molar-refractivity contribution in [2.75, 3.05) is 34.4 Å². The molecule has 1 aromatic heterocycles. The first-order chi connectivity index (χ1) is 12.2. The van der Waals surface area contributed by atoms with Gasteiger partial charge in [0.2, 0.25) is 0 Å². The van der Waals surface area contributed by atoms with Crippen LogP contribution in [0.4, 0.5) is 4.79 Å². The van der Waals surface area contributed by atoms with Crippen molar-refractivity contribution < 1.29 is 28.5 Å². The molecule has 1 amide bonds. The molecule has 0 spiro atoms. The van der Waals surface area contributed by atoms with E-state index in [1.807, 2.05) is 0 Å². The Balaban J connectivity index is 2.30. The molecule has 0 radical (unpaired) electrons. The van der Waals surface area contributed by atoms with Gasteiger partial charge in [0.1, 0.15) is 5.60 Å². The van der Waals surface area contributed by atoms with E-state index in [2.05, 4.69) is 4.98 Å². The number of methoxy groups -OCH3 is 3. The lowest BCUT2D eigenvalue weighted by atomic mass is 9.92. The predicted octanol–water partition coefficient (Wildman–Crippen LogP) is 2.22. The molecule has 8 heteroatoms. The molecule has 2 rings (SSSR count). The van der Waals surface area contributed by atoms with Crippen molar-refractivity contribution in [3.8, 4) is 11.6 Å². The lowest BCUT2D eigenvalue weighted by Gasteiger charge is -2.24. The van der Waals surface area contributed by atoms with Gasteiger partial charge in [-0.15, -0.1) is 0 Å². The number of rotatable bonds is 4. The fourth-order valence-electron chi connectivity index (χ4n) is 2.92. The lowest BCUT2D eigenvalue weighted by molar-refractivity contribution is -0.145. The van der Waals surface area contributed by atoms with Crippen LogP contribution in [0.15, 0.2) is 12.1 Å². The van der Waals surface area contributed by atoms with E-state index in [4.69, 9.17) is 18.9 Å². The van der Waals surface area contributed by atoms with Crippen molar-refractivity contribution in [2.45, 2.75) is 32.3 Å². The number of amides is 1. The number of pyridine rings is 1. The van der Waals surface area contributed by atoms with Crippen LogP contribution in [0.3, 0.4) is 0 Å². The molecule has 144 valence electrons. The smallest absolute Gasteiger partial charge is 0.410 e. The summed E-state index contributed by atoms with van der Waals surface area (Å²) in [6.07, 6.45) is -0.464. The monoisotopic (exact) mass is 366 g/mol. The molecule has 26 heavy (non-hydrogen) atoms. The minimum Gasteiger partial charge on any atom is -0.491 e. The second-order valence-electron chi connectivity index (χ2n) is 7.07. The molecule has 2 atom stereocenters. The summed E-state index contributed by atoms with van der Waals surface area (Å²) in [5.74, 6) is -0.428. The standard InChI is InChI=1S/C18H26N2O6/c1-18(2,3)26-17(22)20-9-11(12(10-20)16(21)25-6)13-7-8-14(23-4)15(19-13)24-5/h7-8,11-12H,9-10H2,1-6H3/t11-,12+/m0/s1. The van der Waals surface area contributed by atoms with Crippen LogP contribution in [0.1, 0.15) is 32.4 Å². The third-order valence-electron chi connectivity index (χ3n) is 4.12. The summed E-state index contributed by atoms with van der Waals surface area (Å²) in [6.45, 7) is 5.91. The Morgan fingerprint density at radius 1 is 1.12 bits per heavy atom. The Hall–Kier alpha value is -2.51. The highest BCUT2D eigenvalue weighted by Crippen LogP contribution is 2.36. The van der Waals surface area contributed by atoms with E-state index in [0.717, 1.165) is 0 Å². The number of carbonyl (C=O) groups is 2. The first kappa shape index (κ1) is 19.8. The van der Waals surface area contributed by atoms with Gasteiger partial charge in [0, 0.05) is 19.0 Å². The number of likely N-dealkylation sites (tertiary alicyclic amines) is 1. The van der Waals surface area contributed by atoms with E-state index >= 15 is 0 Å². The van der Waals surface area contributed by atoms with Gasteiger partial charge in [0.15, 0.2) is 5.75 Å². The number of hydrogen-bond donors (Lipinski definition) is 0. The second kappa shape index (κ2) is 7.80. The molecule has 1 fully saturated rings. The summed E-state index contributed by atoms with van der Waals surface area (Å²) < 4.78 is 20.8. The van der Waals surface area contributed by atoms with Gasteiger partial charge in [-0.3, -0.25) is 4.79 Å². The fourth-order valence-corrected chi connectivity index (χ4v) is 2.92. The average molecular weight is 366 g/mol. The first-order valence-electron chi connectivity index (χ1n) is 8.34. The van der Waals surface area contributed by atoms with Gasteiger partial charge < -0.3 is 23.8 Å². The van der Waals surface area contributed by atoms with E-state index in [1.54, 1.807) is 32.9 Å². The Kier molecular flexibility index (Phi) is 5.94. The number of aromatic nitrogens is 1. The average Bonchev–Trinajstić information content (AvgIpc) is 3.04. The van der Waals surface area contributed by atoms with Crippen LogP contribution < -0.4 is 9.47 Å². The maximum Gasteiger partial charge on any atom is 0.410 e. The molecule has 0 saturated carbocycles. The second-order valence-corrected chi connectivity index (χ2v) is 7.07. The molecular formula is C18H26N2O6. The highest BCUT2D eigenvalue weighted by atomic mass is 16.6. The summed E-state index contributed by atoms with van der Waals surface area (Å²) >= 11 is 0. The molecule has 1 aromatic rings. The summed E-state index contributed by atoms with van der Waals surface area (Å²) in [7, 11) is 4.35. The van der Waals surface area contributed by atoms with Crippen molar-refractivity contribution in [3.63, 3.8) is 0 Å². The minimum atomic E-state index is -0.614. The van der Waals surface area contributed by atoms with Crippen molar-refractivity contribution in [2.24, 2.45) is 5.92 Å². The zero-order valence-corrected chi connectivity index (χ0v) is 16.1. The van der Waals surface area contributed by atoms with Crippen molar-refractivity contribution >= 4 is 12.1 Å². The molecule has 1 aliphatic rings. The minimum absolute atomic E-state index is 0.211. The van der Waals surface area contributed by atoms with Crippen molar-refractivity contribution in [1.29, 1.82) is 0 Å². The van der Waals surface area contributed by atoms with Crippen LogP contribution in [0.25, 0.3) is 0 Å². The highest BCUT2D eigenvalue weighted by molar-refractivity contribution is 5.77. The van der Waals surface area contributed by atoms with Gasteiger partial charge in [-0.25, -0.2) is 9.78 Å². The van der Waals surface area contributed by atoms with E-state index in [0.29, 0.717) is 23.9 Å². The third-order valence-corrected chi connectivity index (χ3v) is 4.12. The Bertz CT molecular complexity index is 670. The molecule has 0 N–H and O–H groups in total. The Morgan fingerprint density at radius 3 is 2.35 bits per heavy atom. The summed E-state index contributed by atoms with van der Waals surface area (Å²) in [6, 6.07) is 3.49. The molecular weight excluding hydrogens is 340 g/mol. The van der Waals surface area contributed by atoms with Gasteiger partial charge >= 0.3 is 12.1 Å². The molecule has 0 bridgehead atoms. The highest BCUT2D eigenvalue weighted by Gasteiger charge is 2.43. The maximum atomic E-state index is 12.4. The number of ether oxygens (including phenoxy) is 4. The Morgan fingerprint density at radius 2 is 1.81 bits per heavy atom. The first-order valence-corrected chi connectivity index (χ1v) is 8.34. The van der Waals surface area contributed by atoms with Gasteiger partial charge in [-0.1, -0.05) is 0 Å². The van der Waals surface area contributed by atoms with Crippen LogP contribution in [0.2, 0.25) is 0 Å². The van der Waals surface area contributed by atoms with Gasteiger partial charge in [-0.05, 0) is 32.9 Å². The molecule has 8 nitrogen and oxygen atoms in total. The van der Waals surface area contributed by atoms with Crippen LogP contribution in [0, 0.1) is 5.92 Å². The van der Waals surface area contributed by atoms with Gasteiger partial charge in [0.05, 0.1) is 32.9 Å². The van der Waals surface area contributed by atoms with E-state index in [9.17, 15) is 9.59 Å². The molecule has 0 aromatic carbocycles. The molecule has 0 aliphatic carbocycles. The van der Waals surface area contributed by atoms with Crippen LogP contribution in [-0.4, -0.2) is 62.0 Å². The zero-order valence-electron chi connectivity index (χ0n) is 16.1. The molecule has 0 unspecified atom stereocenters. The molecule has 2 heterocycles. The summed E-state index contributed by atoms with van der Waals surface area (Å²) in [5.41, 5.74) is 0.0152. The van der Waals surface area contributed by atoms with Crippen LogP contribution in [0.5, 0.6) is 11.6 Å². The fraction of sp³-hybridized carbons (Fsp3) is 0.611. The Labute approximate surface area is 153 Å². The van der Waals surface area contributed by atoms with E-state index in [1.165, 1.54) is 26.2 Å². The number of hydrogen-bond acceptors (Lipinski definition) is 7. The predicted molar refractivity (Wildman–Crippen MR) is 93.4 cm³/mol. The van der Waals surface area contributed by atoms with E-state index in [-0.39, 0.29) is 12.5 Å². The quantitative estimate of drug-likeness (QED) is 0.755. The number of nitrogens with zero attached hydrogens (tertiary/aromatic N) is 2. The molecule has 1 aliphatic heterocycles. The van der Waals surface area contributed by atoms with Crippen LogP contribution >= 0.6 is 0 Å². The molecule has 1 saturated heterocycles. The maximum absolute atomic E-state index is 12.4. The van der Waals surface area contributed by atoms with Gasteiger partial charge in [-0.2, -0.15) is 0 Å². The van der Waals surface area contributed by atoms with Crippen LogP contribution in [-0.2, 0) is 14.3 Å². The number of esters is 1. The normalized spacial score (nSPS) is 19.8. The lowest BCUT2D eigenvalue weighted by Crippen LogP contribution is -2.36. The summed E-state index contributed by atoms with van der Waals surface area (Å²) in [4.78, 5) is 30.6. The van der Waals surface area contributed by atoms with Crippen molar-refractivity contribution in [3.05, 3.63) is 17.8 Å². The SMILES string of the molecule is COC(=O)[C@@H]1CN(C(=O)OC(C)(C)C)C[C@@H]1c1ccc(OC)c(OC)n1. The number of carbonyl (C=O) groups excluding carboxylic acids is 2. The largest absolute Gasteiger partial charge is 0.491 e. The van der Waals surface area contributed by atoms with Crippen molar-refractivity contribution in [1.82, 2.24) is 9.88 Å². The topological polar surface area (TPSA) is 87.2 Å². The summed E-state index contributed by atoms with van der Waals surface area (Å²) in [5, 5.41) is 0. The van der Waals surface area contributed by atoms with E-state index < -0.39 is 23.6 Å². The third kappa shape index (κ3) is 4.36. The van der Waals surface area contributed by atoms with Gasteiger partial charge in [0.25, 0.3) is 5.88 Å².